The third-order valence-electron chi connectivity index (χ3n) is 5.62. The maximum atomic E-state index is 12.0. The molecule has 1 aliphatic rings. The molecule has 3 aromatic rings. The molecule has 0 aliphatic heterocycles. The highest BCUT2D eigenvalue weighted by Gasteiger charge is 2.26. The van der Waals surface area contributed by atoms with Gasteiger partial charge in [0.25, 0.3) is 10.2 Å². The van der Waals surface area contributed by atoms with Gasteiger partial charge in [-0.3, -0.25) is 0 Å². The summed E-state index contributed by atoms with van der Waals surface area (Å²) in [7, 11) is -3.47. The average molecular weight is 511 g/mol. The minimum atomic E-state index is -3.47. The van der Waals surface area contributed by atoms with Crippen LogP contribution < -0.4 is 24.8 Å². The summed E-state index contributed by atoms with van der Waals surface area (Å²) >= 11 is 0. The van der Waals surface area contributed by atoms with E-state index < -0.39 is 10.2 Å². The van der Waals surface area contributed by atoms with E-state index >= 15 is 0 Å². The van der Waals surface area contributed by atoms with E-state index in [9.17, 15) is 8.42 Å². The highest BCUT2D eigenvalue weighted by atomic mass is 32.2. The predicted octanol–water partition coefficient (Wildman–Crippen LogP) is 4.76. The Kier molecular flexibility index (Phi) is 7.77. The Hall–Kier alpha value is -3.21. The zero-order chi connectivity index (χ0) is 25.9. The summed E-state index contributed by atoms with van der Waals surface area (Å²) in [6.45, 7) is 10.2. The van der Waals surface area contributed by atoms with Crippen molar-refractivity contribution in [2.24, 2.45) is 0 Å². The zero-order valence-electron chi connectivity index (χ0n) is 21.3. The molecule has 4 rings (SSSR count). The molecule has 0 amide bonds. The number of hydrogen-bond donors (Lipinski definition) is 4. The lowest BCUT2D eigenvalue weighted by atomic mass is 10.1. The molecule has 1 aliphatic carbocycles. The standard InChI is InChI=1S/C26H34N6O3S/c1-16(2)35-24-17(3)12-23(13-18(24)4)30-26-27-14-19(5)25(31-26)29-21-8-6-20(7-9-21)15-28-36(33,34)32-22-10-11-22/h6-9,12-14,16,22,28,32H,10-11,15H2,1-5H3,(H2,27,29,30,31). The molecule has 0 radical (unpaired) electrons. The molecular formula is C26H34N6O3S. The Balaban J connectivity index is 1.41. The van der Waals surface area contributed by atoms with Crippen LogP contribution in [0.1, 0.15) is 48.9 Å². The minimum Gasteiger partial charge on any atom is -0.490 e. The Bertz CT molecular complexity index is 1300. The minimum absolute atomic E-state index is 0.0795. The number of ether oxygens (including phenoxy) is 1. The van der Waals surface area contributed by atoms with Crippen molar-refractivity contribution in [1.82, 2.24) is 19.4 Å². The number of aryl methyl sites for hydroxylation is 3. The second kappa shape index (κ2) is 10.8. The summed E-state index contributed by atoms with van der Waals surface area (Å²) in [4.78, 5) is 9.08. The summed E-state index contributed by atoms with van der Waals surface area (Å²) in [6.07, 6.45) is 3.68. The van der Waals surface area contributed by atoms with Gasteiger partial charge in [0.2, 0.25) is 5.95 Å². The van der Waals surface area contributed by atoms with E-state index in [1.165, 1.54) is 0 Å². The number of benzene rings is 2. The lowest BCUT2D eigenvalue weighted by Gasteiger charge is -2.17. The van der Waals surface area contributed by atoms with Crippen LogP contribution >= 0.6 is 0 Å². The Morgan fingerprint density at radius 2 is 1.64 bits per heavy atom. The highest BCUT2D eigenvalue weighted by molar-refractivity contribution is 7.87. The van der Waals surface area contributed by atoms with Crippen molar-refractivity contribution in [2.75, 3.05) is 10.6 Å². The third kappa shape index (κ3) is 7.16. The van der Waals surface area contributed by atoms with E-state index in [0.717, 1.165) is 52.2 Å². The fraction of sp³-hybridized carbons (Fsp3) is 0.385. The van der Waals surface area contributed by atoms with Crippen LogP contribution in [0.3, 0.4) is 0 Å². The van der Waals surface area contributed by atoms with Gasteiger partial charge in [-0.15, -0.1) is 0 Å². The van der Waals surface area contributed by atoms with Crippen molar-refractivity contribution in [3.63, 3.8) is 0 Å². The fourth-order valence-corrected chi connectivity index (χ4v) is 4.80. The van der Waals surface area contributed by atoms with Crippen LogP contribution in [-0.2, 0) is 16.8 Å². The molecule has 192 valence electrons. The average Bonchev–Trinajstić information content (AvgIpc) is 3.61. The van der Waals surface area contributed by atoms with Gasteiger partial charge in [-0.25, -0.2) is 4.98 Å². The van der Waals surface area contributed by atoms with Crippen LogP contribution in [-0.4, -0.2) is 30.5 Å². The quantitative estimate of drug-likeness (QED) is 0.294. The van der Waals surface area contributed by atoms with Gasteiger partial charge in [0, 0.05) is 35.7 Å². The highest BCUT2D eigenvalue weighted by Crippen LogP contribution is 2.29. The van der Waals surface area contributed by atoms with Crippen LogP contribution in [0.4, 0.5) is 23.1 Å². The van der Waals surface area contributed by atoms with Crippen LogP contribution in [0, 0.1) is 20.8 Å². The zero-order valence-corrected chi connectivity index (χ0v) is 22.2. The van der Waals surface area contributed by atoms with Crippen LogP contribution in [0.2, 0.25) is 0 Å². The summed E-state index contributed by atoms with van der Waals surface area (Å²) < 4.78 is 35.1. The first kappa shape index (κ1) is 25.9. The van der Waals surface area contributed by atoms with Gasteiger partial charge in [-0.1, -0.05) is 12.1 Å². The van der Waals surface area contributed by atoms with Crippen LogP contribution in [0.5, 0.6) is 5.75 Å². The van der Waals surface area contributed by atoms with E-state index in [-0.39, 0.29) is 18.7 Å². The van der Waals surface area contributed by atoms with Gasteiger partial charge >= 0.3 is 0 Å². The number of aromatic nitrogens is 2. The number of hydrogen-bond acceptors (Lipinski definition) is 7. The Labute approximate surface area is 213 Å². The molecule has 0 atom stereocenters. The topological polar surface area (TPSA) is 117 Å². The number of nitrogens with zero attached hydrogens (tertiary/aromatic N) is 2. The lowest BCUT2D eigenvalue weighted by Crippen LogP contribution is -2.37. The molecule has 0 saturated heterocycles. The monoisotopic (exact) mass is 510 g/mol. The first-order valence-electron chi connectivity index (χ1n) is 12.1. The fourth-order valence-electron chi connectivity index (χ4n) is 3.69. The largest absolute Gasteiger partial charge is 0.490 e. The van der Waals surface area contributed by atoms with E-state index in [2.05, 4.69) is 30.0 Å². The number of rotatable bonds is 11. The first-order chi connectivity index (χ1) is 17.1. The van der Waals surface area contributed by atoms with Crippen molar-refractivity contribution in [3.8, 4) is 5.75 Å². The van der Waals surface area contributed by atoms with E-state index in [0.29, 0.717) is 11.8 Å². The normalized spacial score (nSPS) is 13.6. The van der Waals surface area contributed by atoms with Crippen molar-refractivity contribution in [3.05, 3.63) is 64.8 Å². The van der Waals surface area contributed by atoms with E-state index in [4.69, 9.17) is 4.74 Å². The van der Waals surface area contributed by atoms with Gasteiger partial charge in [0.15, 0.2) is 0 Å². The second-order valence-corrected chi connectivity index (χ2v) is 11.0. The molecule has 36 heavy (non-hydrogen) atoms. The van der Waals surface area contributed by atoms with Crippen LogP contribution in [0.25, 0.3) is 0 Å². The molecular weight excluding hydrogens is 476 g/mol. The summed E-state index contributed by atoms with van der Waals surface area (Å²) in [5.74, 6) is 2.06. The molecule has 10 heteroatoms. The van der Waals surface area contributed by atoms with Gasteiger partial charge in [-0.2, -0.15) is 22.8 Å². The lowest BCUT2D eigenvalue weighted by molar-refractivity contribution is 0.239. The van der Waals surface area contributed by atoms with Gasteiger partial charge in [0.05, 0.1) is 6.10 Å². The van der Waals surface area contributed by atoms with Crippen LogP contribution in [0.15, 0.2) is 42.6 Å². The van der Waals surface area contributed by atoms with E-state index in [1.807, 2.05) is 71.0 Å². The summed E-state index contributed by atoms with van der Waals surface area (Å²) in [6, 6.07) is 11.7. The molecule has 2 aromatic carbocycles. The van der Waals surface area contributed by atoms with Crippen molar-refractivity contribution >= 4 is 33.4 Å². The predicted molar refractivity (Wildman–Crippen MR) is 143 cm³/mol. The maximum Gasteiger partial charge on any atom is 0.277 e. The molecule has 1 fully saturated rings. The molecule has 4 N–H and O–H groups in total. The SMILES string of the molecule is Cc1cnc(Nc2cc(C)c(OC(C)C)c(C)c2)nc1Nc1ccc(CNS(=O)(=O)NC2CC2)cc1. The Morgan fingerprint density at radius 3 is 2.25 bits per heavy atom. The smallest absolute Gasteiger partial charge is 0.277 e. The van der Waals surface area contributed by atoms with Gasteiger partial charge in [0.1, 0.15) is 11.6 Å². The van der Waals surface area contributed by atoms with Crippen molar-refractivity contribution < 1.29 is 13.2 Å². The molecule has 9 nitrogen and oxygen atoms in total. The molecule has 1 saturated carbocycles. The molecule has 1 aromatic heterocycles. The molecule has 0 bridgehead atoms. The van der Waals surface area contributed by atoms with Crippen molar-refractivity contribution in [1.29, 1.82) is 0 Å². The summed E-state index contributed by atoms with van der Waals surface area (Å²) in [5, 5.41) is 6.61. The third-order valence-corrected chi connectivity index (χ3v) is 6.79. The number of nitrogens with one attached hydrogen (secondary N) is 4. The van der Waals surface area contributed by atoms with Gasteiger partial charge < -0.3 is 15.4 Å². The first-order valence-corrected chi connectivity index (χ1v) is 13.6. The molecule has 0 unspecified atom stereocenters. The molecule has 0 spiro atoms. The second-order valence-electron chi connectivity index (χ2n) is 9.49. The number of anilines is 4. The van der Waals surface area contributed by atoms with E-state index in [1.54, 1.807) is 6.20 Å². The Morgan fingerprint density at radius 1 is 0.972 bits per heavy atom. The van der Waals surface area contributed by atoms with Crippen molar-refractivity contribution in [2.45, 2.75) is 66.2 Å². The molecule has 1 heterocycles. The maximum absolute atomic E-state index is 12.0. The van der Waals surface area contributed by atoms with Gasteiger partial charge in [-0.05, 0) is 88.4 Å². The summed E-state index contributed by atoms with van der Waals surface area (Å²) in [5.41, 5.74) is 5.58.